The molecule has 0 radical (unpaired) electrons. The Morgan fingerprint density at radius 1 is 1.18 bits per heavy atom. The molecule has 1 N–H and O–H groups in total. The zero-order valence-electron chi connectivity index (χ0n) is 11.6. The van der Waals surface area contributed by atoms with Crippen molar-refractivity contribution in [2.45, 2.75) is 13.0 Å². The second-order valence-corrected chi connectivity index (χ2v) is 5.39. The van der Waals surface area contributed by atoms with Crippen LogP contribution in [0.5, 0.6) is 0 Å². The number of hydrogen-bond acceptors (Lipinski definition) is 6. The van der Waals surface area contributed by atoms with Crippen LogP contribution < -0.4 is 5.32 Å². The highest BCUT2D eigenvalue weighted by Crippen LogP contribution is 2.19. The first-order valence-electron chi connectivity index (χ1n) is 6.68. The van der Waals surface area contributed by atoms with Crippen molar-refractivity contribution in [1.82, 2.24) is 25.3 Å². The quantitative estimate of drug-likeness (QED) is 0.778. The van der Waals surface area contributed by atoms with Crippen LogP contribution in [0.1, 0.15) is 11.3 Å². The number of thiazole rings is 1. The van der Waals surface area contributed by atoms with Crippen molar-refractivity contribution in [3.63, 3.8) is 0 Å². The average molecular weight is 311 g/mol. The van der Waals surface area contributed by atoms with Gasteiger partial charge in [-0.15, -0.1) is 11.3 Å². The van der Waals surface area contributed by atoms with E-state index in [1.165, 1.54) is 11.3 Å². The first-order valence-corrected chi connectivity index (χ1v) is 7.56. The lowest BCUT2D eigenvalue weighted by Crippen LogP contribution is -2.24. The van der Waals surface area contributed by atoms with E-state index in [-0.39, 0.29) is 5.91 Å². The molecule has 0 saturated carbocycles. The van der Waals surface area contributed by atoms with Crippen LogP contribution in [0.3, 0.4) is 0 Å². The molecule has 3 aromatic rings. The van der Waals surface area contributed by atoms with Crippen LogP contribution in [0.4, 0.5) is 0 Å². The van der Waals surface area contributed by atoms with Crippen molar-refractivity contribution in [1.29, 1.82) is 0 Å². The van der Waals surface area contributed by atoms with Gasteiger partial charge in [0.05, 0.1) is 18.7 Å². The number of pyridine rings is 1. The van der Waals surface area contributed by atoms with Gasteiger partial charge in [-0.05, 0) is 17.7 Å². The number of rotatable bonds is 5. The Labute approximate surface area is 131 Å². The lowest BCUT2D eigenvalue weighted by Gasteiger charge is -2.03. The topological polar surface area (TPSA) is 80.7 Å². The molecular weight excluding hydrogens is 298 g/mol. The monoisotopic (exact) mass is 311 g/mol. The number of nitrogens with zero attached hydrogens (tertiary/aromatic N) is 4. The third kappa shape index (κ3) is 3.70. The highest BCUT2D eigenvalue weighted by Gasteiger charge is 2.08. The van der Waals surface area contributed by atoms with E-state index in [0.29, 0.717) is 18.8 Å². The van der Waals surface area contributed by atoms with Crippen LogP contribution in [-0.2, 0) is 17.8 Å². The van der Waals surface area contributed by atoms with Gasteiger partial charge in [0.15, 0.2) is 10.8 Å². The summed E-state index contributed by atoms with van der Waals surface area (Å²) in [5.41, 5.74) is 1.68. The summed E-state index contributed by atoms with van der Waals surface area (Å²) in [7, 11) is 0. The van der Waals surface area contributed by atoms with Crippen LogP contribution in [0, 0.1) is 0 Å². The van der Waals surface area contributed by atoms with Crippen molar-refractivity contribution in [2.75, 3.05) is 0 Å². The van der Waals surface area contributed by atoms with Gasteiger partial charge < -0.3 is 5.32 Å². The zero-order valence-corrected chi connectivity index (χ0v) is 12.5. The number of carbonyl (C=O) groups excluding carboxylic acids is 1. The fraction of sp³-hybridized carbons (Fsp3) is 0.133. The Kier molecular flexibility index (Phi) is 4.45. The minimum absolute atomic E-state index is 0.0569. The summed E-state index contributed by atoms with van der Waals surface area (Å²) >= 11 is 1.46. The van der Waals surface area contributed by atoms with Gasteiger partial charge in [-0.2, -0.15) is 0 Å². The summed E-state index contributed by atoms with van der Waals surface area (Å²) in [6.07, 6.45) is 7.04. The minimum Gasteiger partial charge on any atom is -0.350 e. The van der Waals surface area contributed by atoms with Gasteiger partial charge in [0, 0.05) is 30.2 Å². The SMILES string of the molecule is O=C(Cc1cccnc1)NCc1csc(-c2ncccn2)n1. The second-order valence-electron chi connectivity index (χ2n) is 4.53. The van der Waals surface area contributed by atoms with Crippen LogP contribution in [0.25, 0.3) is 10.8 Å². The zero-order chi connectivity index (χ0) is 15.2. The van der Waals surface area contributed by atoms with Gasteiger partial charge in [-0.1, -0.05) is 6.07 Å². The molecule has 3 rings (SSSR count). The molecule has 7 heteroatoms. The number of carbonyl (C=O) groups is 1. The molecule has 6 nitrogen and oxygen atoms in total. The van der Waals surface area contributed by atoms with Gasteiger partial charge in [-0.25, -0.2) is 15.0 Å². The number of aromatic nitrogens is 4. The summed E-state index contributed by atoms with van der Waals surface area (Å²) in [4.78, 5) is 28.6. The fourth-order valence-electron chi connectivity index (χ4n) is 1.84. The standard InChI is InChI=1S/C15H13N5OS/c21-13(7-11-3-1-4-16-8-11)19-9-12-10-22-15(20-12)14-17-5-2-6-18-14/h1-6,8,10H,7,9H2,(H,19,21). The summed E-state index contributed by atoms with van der Waals surface area (Å²) in [5.74, 6) is 0.541. The van der Waals surface area contributed by atoms with Crippen molar-refractivity contribution >= 4 is 17.2 Å². The van der Waals surface area contributed by atoms with E-state index in [0.717, 1.165) is 16.3 Å². The molecule has 3 aromatic heterocycles. The molecule has 0 bridgehead atoms. The summed E-state index contributed by atoms with van der Waals surface area (Å²) in [6.45, 7) is 0.391. The van der Waals surface area contributed by atoms with E-state index in [1.807, 2.05) is 17.5 Å². The third-order valence-corrected chi connectivity index (χ3v) is 3.75. The molecule has 0 atom stereocenters. The van der Waals surface area contributed by atoms with Crippen molar-refractivity contribution < 1.29 is 4.79 Å². The molecule has 0 fully saturated rings. The Bertz CT molecular complexity index is 745. The van der Waals surface area contributed by atoms with Crippen LogP contribution in [0.2, 0.25) is 0 Å². The van der Waals surface area contributed by atoms with E-state index in [1.54, 1.807) is 30.9 Å². The third-order valence-electron chi connectivity index (χ3n) is 2.86. The number of nitrogens with one attached hydrogen (secondary N) is 1. The van der Waals surface area contributed by atoms with E-state index in [9.17, 15) is 4.79 Å². The number of hydrogen-bond donors (Lipinski definition) is 1. The number of amides is 1. The van der Waals surface area contributed by atoms with E-state index in [2.05, 4.69) is 25.3 Å². The normalized spacial score (nSPS) is 10.4. The Morgan fingerprint density at radius 3 is 2.82 bits per heavy atom. The molecule has 110 valence electrons. The molecule has 0 spiro atoms. The largest absolute Gasteiger partial charge is 0.350 e. The second kappa shape index (κ2) is 6.86. The van der Waals surface area contributed by atoms with Crippen LogP contribution in [0.15, 0.2) is 48.4 Å². The van der Waals surface area contributed by atoms with E-state index in [4.69, 9.17) is 0 Å². The minimum atomic E-state index is -0.0569. The van der Waals surface area contributed by atoms with Crippen molar-refractivity contribution in [3.05, 3.63) is 59.6 Å². The van der Waals surface area contributed by atoms with Crippen LogP contribution in [-0.4, -0.2) is 25.8 Å². The maximum atomic E-state index is 11.9. The molecule has 0 saturated heterocycles. The highest BCUT2D eigenvalue weighted by atomic mass is 32.1. The maximum absolute atomic E-state index is 11.9. The Morgan fingerprint density at radius 2 is 2.05 bits per heavy atom. The van der Waals surface area contributed by atoms with Gasteiger partial charge in [0.25, 0.3) is 0 Å². The van der Waals surface area contributed by atoms with Gasteiger partial charge in [0.2, 0.25) is 5.91 Å². The molecule has 22 heavy (non-hydrogen) atoms. The summed E-state index contributed by atoms with van der Waals surface area (Å²) < 4.78 is 0. The average Bonchev–Trinajstić information content (AvgIpc) is 3.04. The highest BCUT2D eigenvalue weighted by molar-refractivity contribution is 7.13. The molecule has 3 heterocycles. The summed E-state index contributed by atoms with van der Waals surface area (Å²) in [5, 5.41) is 5.50. The Balaban J connectivity index is 1.56. The molecule has 1 amide bonds. The van der Waals surface area contributed by atoms with E-state index < -0.39 is 0 Å². The van der Waals surface area contributed by atoms with Gasteiger partial charge in [-0.3, -0.25) is 9.78 Å². The summed E-state index contributed by atoms with van der Waals surface area (Å²) in [6, 6.07) is 5.45. The Hall–Kier alpha value is -2.67. The molecule has 0 unspecified atom stereocenters. The molecule has 0 aliphatic heterocycles. The predicted octanol–water partition coefficient (Wildman–Crippen LogP) is 1.85. The lowest BCUT2D eigenvalue weighted by molar-refractivity contribution is -0.120. The lowest BCUT2D eigenvalue weighted by atomic mass is 10.2. The van der Waals surface area contributed by atoms with Gasteiger partial charge in [0.1, 0.15) is 0 Å². The van der Waals surface area contributed by atoms with Crippen molar-refractivity contribution in [3.8, 4) is 10.8 Å². The first-order chi connectivity index (χ1) is 10.8. The van der Waals surface area contributed by atoms with E-state index >= 15 is 0 Å². The fourth-order valence-corrected chi connectivity index (χ4v) is 2.60. The van der Waals surface area contributed by atoms with Crippen molar-refractivity contribution in [2.24, 2.45) is 0 Å². The first kappa shape index (κ1) is 14.3. The molecule has 0 aliphatic rings. The maximum Gasteiger partial charge on any atom is 0.224 e. The predicted molar refractivity (Wildman–Crippen MR) is 82.9 cm³/mol. The smallest absolute Gasteiger partial charge is 0.224 e. The van der Waals surface area contributed by atoms with Crippen LogP contribution >= 0.6 is 11.3 Å². The molecule has 0 aromatic carbocycles. The molecular formula is C15H13N5OS. The molecule has 0 aliphatic carbocycles. The van der Waals surface area contributed by atoms with Gasteiger partial charge >= 0.3 is 0 Å².